The normalized spacial score (nSPS) is 19.5. The summed E-state index contributed by atoms with van der Waals surface area (Å²) in [4.78, 5) is 0. The lowest BCUT2D eigenvalue weighted by atomic mass is 9.77. The Morgan fingerprint density at radius 2 is 1.85 bits per heavy atom. The van der Waals surface area contributed by atoms with Crippen LogP contribution in [0.25, 0.3) is 0 Å². The van der Waals surface area contributed by atoms with Gasteiger partial charge in [-0.2, -0.15) is 0 Å². The van der Waals surface area contributed by atoms with Crippen LogP contribution in [0.3, 0.4) is 0 Å². The predicted molar refractivity (Wildman–Crippen MR) is 89.6 cm³/mol. The van der Waals surface area contributed by atoms with E-state index in [0.29, 0.717) is 18.2 Å². The van der Waals surface area contributed by atoms with Gasteiger partial charge in [0.2, 0.25) is 0 Å². The monoisotopic (exact) mass is 310 g/mol. The van der Waals surface area contributed by atoms with Gasteiger partial charge in [0.15, 0.2) is 0 Å². The average Bonchev–Trinajstić information content (AvgIpc) is 2.48. The first-order valence-electron chi connectivity index (χ1n) is 7.52. The second-order valence-corrected chi connectivity index (χ2v) is 6.53. The highest BCUT2D eigenvalue weighted by molar-refractivity contribution is 7.79. The fourth-order valence-electron chi connectivity index (χ4n) is 3.26. The lowest BCUT2D eigenvalue weighted by molar-refractivity contribution is 0.00245. The molecule has 0 aliphatic heterocycles. The molecule has 0 radical (unpaired) electrons. The number of aliphatic hydroxyl groups is 1. The maximum Gasteiger partial charge on any atom is 0.0910 e. The first-order valence-corrected chi connectivity index (χ1v) is 8.52. The van der Waals surface area contributed by atoms with E-state index in [-0.39, 0.29) is 0 Å². The highest BCUT2D eigenvalue weighted by Gasteiger charge is 2.32. The summed E-state index contributed by atoms with van der Waals surface area (Å²) in [7, 11) is 0. The Labute approximate surface area is 132 Å². The summed E-state index contributed by atoms with van der Waals surface area (Å²) in [6.07, 6.45) is 7.86. The van der Waals surface area contributed by atoms with Crippen molar-refractivity contribution in [3.05, 3.63) is 35.4 Å². The summed E-state index contributed by atoms with van der Waals surface area (Å²) in [5.41, 5.74) is 1.20. The summed E-state index contributed by atoms with van der Waals surface area (Å²) in [6.45, 7) is 0. The smallest absolute Gasteiger partial charge is 0.0910 e. The van der Waals surface area contributed by atoms with Gasteiger partial charge in [-0.15, -0.1) is 11.6 Å². The molecule has 0 amide bonds. The molecule has 1 nitrogen and oxygen atoms in total. The zero-order valence-electron chi connectivity index (χ0n) is 11.9. The van der Waals surface area contributed by atoms with Crippen LogP contribution in [0.15, 0.2) is 24.3 Å². The number of benzene rings is 1. The largest absolute Gasteiger partial charge is 0.385 e. The molecule has 1 unspecified atom stereocenters. The second kappa shape index (κ2) is 7.53. The van der Waals surface area contributed by atoms with Crippen molar-refractivity contribution in [1.29, 1.82) is 0 Å². The molecule has 20 heavy (non-hydrogen) atoms. The van der Waals surface area contributed by atoms with E-state index in [1.54, 1.807) is 5.37 Å². The molecule has 1 fully saturated rings. The van der Waals surface area contributed by atoms with Gasteiger partial charge in [-0.1, -0.05) is 68.6 Å². The van der Waals surface area contributed by atoms with Crippen molar-refractivity contribution < 1.29 is 5.11 Å². The molecule has 0 saturated heterocycles. The highest BCUT2D eigenvalue weighted by atomic mass is 35.5. The summed E-state index contributed by atoms with van der Waals surface area (Å²) in [6, 6.07) is 7.94. The van der Waals surface area contributed by atoms with Gasteiger partial charge >= 0.3 is 0 Å². The molecule has 1 aromatic rings. The Balaban J connectivity index is 2.15. The van der Waals surface area contributed by atoms with Crippen LogP contribution in [0.1, 0.15) is 56.1 Å². The Bertz CT molecular complexity index is 425. The molecule has 1 aliphatic carbocycles. The van der Waals surface area contributed by atoms with Crippen molar-refractivity contribution in [2.45, 2.75) is 50.5 Å². The molecule has 0 spiro atoms. The van der Waals surface area contributed by atoms with Crippen LogP contribution in [-0.4, -0.2) is 16.4 Å². The van der Waals surface area contributed by atoms with Gasteiger partial charge in [0.1, 0.15) is 0 Å². The quantitative estimate of drug-likeness (QED) is 0.600. The molecule has 1 aromatic carbocycles. The second-order valence-electron chi connectivity index (χ2n) is 5.92. The van der Waals surface area contributed by atoms with E-state index in [0.717, 1.165) is 17.5 Å². The SMILES string of the molecule is OC(CCCl)(CC1CCCCC1)c1ccc(C=S)cc1. The molecule has 2 rings (SSSR count). The summed E-state index contributed by atoms with van der Waals surface area (Å²) in [5, 5.41) is 12.7. The minimum atomic E-state index is -0.788. The average molecular weight is 311 g/mol. The first-order chi connectivity index (χ1) is 9.68. The molecule has 1 aliphatic rings. The molecule has 1 N–H and O–H groups in total. The predicted octanol–water partition coefficient (Wildman–Crippen LogP) is 4.82. The van der Waals surface area contributed by atoms with Crippen LogP contribution >= 0.6 is 23.8 Å². The molecule has 1 atom stereocenters. The van der Waals surface area contributed by atoms with E-state index < -0.39 is 5.60 Å². The van der Waals surface area contributed by atoms with Crippen molar-refractivity contribution in [2.24, 2.45) is 5.92 Å². The highest BCUT2D eigenvalue weighted by Crippen LogP contribution is 2.38. The summed E-state index contributed by atoms with van der Waals surface area (Å²) in [5.74, 6) is 1.11. The third-order valence-electron chi connectivity index (χ3n) is 4.44. The Hall–Kier alpha value is -0.440. The van der Waals surface area contributed by atoms with Crippen molar-refractivity contribution >= 4 is 29.2 Å². The Kier molecular flexibility index (Phi) is 6.01. The Morgan fingerprint density at radius 1 is 1.20 bits per heavy atom. The van der Waals surface area contributed by atoms with Crippen molar-refractivity contribution in [1.82, 2.24) is 0 Å². The summed E-state index contributed by atoms with van der Waals surface area (Å²) < 4.78 is 0. The van der Waals surface area contributed by atoms with Gasteiger partial charge in [0.25, 0.3) is 0 Å². The molecule has 3 heteroatoms. The zero-order valence-corrected chi connectivity index (χ0v) is 13.4. The van der Waals surface area contributed by atoms with Crippen LogP contribution in [0.4, 0.5) is 0 Å². The van der Waals surface area contributed by atoms with Gasteiger partial charge in [0.05, 0.1) is 5.60 Å². The number of hydrogen-bond donors (Lipinski definition) is 1. The van der Waals surface area contributed by atoms with E-state index >= 15 is 0 Å². The minimum absolute atomic E-state index is 0.484. The third kappa shape index (κ3) is 4.03. The third-order valence-corrected chi connectivity index (χ3v) is 4.90. The van der Waals surface area contributed by atoms with E-state index in [1.165, 1.54) is 32.1 Å². The maximum atomic E-state index is 11.1. The molecular weight excluding hydrogens is 288 g/mol. The molecule has 0 aromatic heterocycles. The van der Waals surface area contributed by atoms with Gasteiger partial charge in [0, 0.05) is 11.2 Å². The molecule has 0 bridgehead atoms. The minimum Gasteiger partial charge on any atom is -0.385 e. The Morgan fingerprint density at radius 3 is 2.40 bits per heavy atom. The van der Waals surface area contributed by atoms with Crippen LogP contribution in [-0.2, 0) is 5.60 Å². The number of rotatable bonds is 6. The lowest BCUT2D eigenvalue weighted by Crippen LogP contribution is -2.30. The van der Waals surface area contributed by atoms with E-state index in [1.807, 2.05) is 24.3 Å². The fourth-order valence-corrected chi connectivity index (χ4v) is 3.73. The van der Waals surface area contributed by atoms with Crippen molar-refractivity contribution in [3.63, 3.8) is 0 Å². The van der Waals surface area contributed by atoms with Crippen molar-refractivity contribution in [3.8, 4) is 0 Å². The van der Waals surface area contributed by atoms with Gasteiger partial charge in [-0.3, -0.25) is 0 Å². The van der Waals surface area contributed by atoms with Crippen LogP contribution in [0, 0.1) is 5.92 Å². The van der Waals surface area contributed by atoms with Crippen molar-refractivity contribution in [2.75, 3.05) is 5.88 Å². The maximum absolute atomic E-state index is 11.1. The van der Waals surface area contributed by atoms with E-state index in [4.69, 9.17) is 23.8 Å². The van der Waals surface area contributed by atoms with Gasteiger partial charge < -0.3 is 5.11 Å². The van der Waals surface area contributed by atoms with E-state index in [2.05, 4.69) is 0 Å². The fraction of sp³-hybridized carbons (Fsp3) is 0.588. The number of hydrogen-bond acceptors (Lipinski definition) is 2. The molecule has 110 valence electrons. The standard InChI is InChI=1S/C17H23ClOS/c18-11-10-17(19,12-14-4-2-1-3-5-14)16-8-6-15(13-20)7-9-16/h6-9,13-14,19H,1-5,10-12H2. The first kappa shape index (κ1) is 15.9. The zero-order chi connectivity index (χ0) is 14.4. The van der Waals surface area contributed by atoms with Crippen LogP contribution < -0.4 is 0 Å². The molecule has 0 heterocycles. The van der Waals surface area contributed by atoms with Crippen LogP contribution in [0.5, 0.6) is 0 Å². The lowest BCUT2D eigenvalue weighted by Gasteiger charge is -2.34. The van der Waals surface area contributed by atoms with Gasteiger partial charge in [-0.05, 0) is 29.9 Å². The molecular formula is C17H23ClOS. The van der Waals surface area contributed by atoms with Crippen LogP contribution in [0.2, 0.25) is 0 Å². The topological polar surface area (TPSA) is 20.2 Å². The number of alkyl halides is 1. The number of thiocarbonyl (C=S) groups is 1. The molecule has 1 saturated carbocycles. The van der Waals surface area contributed by atoms with E-state index in [9.17, 15) is 5.11 Å². The summed E-state index contributed by atoms with van der Waals surface area (Å²) >= 11 is 10.9. The number of halogens is 1. The van der Waals surface area contributed by atoms with Gasteiger partial charge in [-0.25, -0.2) is 0 Å².